The van der Waals surface area contributed by atoms with E-state index >= 15 is 0 Å². The number of hydrogen-bond donors (Lipinski definition) is 2. The molecule has 30 heavy (non-hydrogen) atoms. The lowest BCUT2D eigenvalue weighted by Gasteiger charge is -2.59. The van der Waals surface area contributed by atoms with Crippen molar-refractivity contribution in [2.24, 2.45) is 52.3 Å². The lowest BCUT2D eigenvalue weighted by atomic mass is 9.45. The van der Waals surface area contributed by atoms with Crippen molar-refractivity contribution < 1.29 is 15.0 Å². The molecule has 3 aliphatic rings. The fraction of sp³-hybridized carbons (Fsp3) is 0.963. The second-order valence-corrected chi connectivity index (χ2v) is 12.3. The summed E-state index contributed by atoms with van der Waals surface area (Å²) in [6.45, 7) is 12.3. The summed E-state index contributed by atoms with van der Waals surface area (Å²) in [5.41, 5.74) is 0.455. The van der Waals surface area contributed by atoms with Gasteiger partial charge in [0.15, 0.2) is 0 Å². The number of carboxylic acid groups (broad SMARTS) is 1. The largest absolute Gasteiger partial charge is 0.481 e. The van der Waals surface area contributed by atoms with Crippen molar-refractivity contribution in [3.63, 3.8) is 0 Å². The third kappa shape index (κ3) is 4.48. The van der Waals surface area contributed by atoms with Crippen LogP contribution in [0.25, 0.3) is 0 Å². The molecule has 0 saturated heterocycles. The van der Waals surface area contributed by atoms with Crippen LogP contribution >= 0.6 is 0 Å². The molecule has 0 spiro atoms. The van der Waals surface area contributed by atoms with Crippen molar-refractivity contribution in [1.82, 2.24) is 0 Å². The first kappa shape index (κ1) is 24.1. The van der Waals surface area contributed by atoms with E-state index in [9.17, 15) is 15.0 Å². The smallest absolute Gasteiger partial charge is 0.303 e. The number of aliphatic carboxylic acids is 1. The molecular formula is C27H48O3. The topological polar surface area (TPSA) is 57.5 Å². The van der Waals surface area contributed by atoms with Gasteiger partial charge in [-0.3, -0.25) is 4.79 Å². The summed E-state index contributed by atoms with van der Waals surface area (Å²) in [5, 5.41) is 19.3. The highest BCUT2D eigenvalue weighted by atomic mass is 16.4. The molecule has 8 atom stereocenters. The van der Waals surface area contributed by atoms with Crippen LogP contribution in [0.3, 0.4) is 0 Å². The summed E-state index contributed by atoms with van der Waals surface area (Å²) in [6, 6.07) is 0. The zero-order valence-corrected chi connectivity index (χ0v) is 20.3. The molecule has 3 fully saturated rings. The second kappa shape index (κ2) is 9.51. The van der Waals surface area contributed by atoms with E-state index in [0.717, 1.165) is 42.4 Å². The maximum absolute atomic E-state index is 11.5. The quantitative estimate of drug-likeness (QED) is 0.432. The molecule has 3 aliphatic carbocycles. The maximum Gasteiger partial charge on any atom is 0.303 e. The van der Waals surface area contributed by atoms with E-state index < -0.39 is 5.97 Å². The summed E-state index contributed by atoms with van der Waals surface area (Å²) in [5.74, 6) is 4.18. The number of aliphatic hydroxyl groups excluding tert-OH is 1. The molecule has 3 rings (SSSR count). The van der Waals surface area contributed by atoms with E-state index in [1.165, 1.54) is 51.4 Å². The number of carbonyl (C=O) groups is 1. The monoisotopic (exact) mass is 420 g/mol. The average Bonchev–Trinajstić information content (AvgIpc) is 3.01. The van der Waals surface area contributed by atoms with Crippen molar-refractivity contribution >= 4 is 5.97 Å². The fourth-order valence-corrected chi connectivity index (χ4v) is 8.74. The van der Waals surface area contributed by atoms with Crippen molar-refractivity contribution in [2.75, 3.05) is 6.61 Å². The van der Waals surface area contributed by atoms with E-state index in [1.54, 1.807) is 0 Å². The van der Waals surface area contributed by atoms with E-state index in [-0.39, 0.29) is 24.4 Å². The predicted octanol–water partition coefficient (Wildman–Crippen LogP) is 6.78. The van der Waals surface area contributed by atoms with Crippen molar-refractivity contribution in [2.45, 2.75) is 105 Å². The van der Waals surface area contributed by atoms with Crippen LogP contribution in [0, 0.1) is 52.3 Å². The number of fused-ring (bicyclic) bond motifs is 3. The second-order valence-electron chi connectivity index (χ2n) is 12.3. The van der Waals surface area contributed by atoms with Gasteiger partial charge < -0.3 is 10.2 Å². The molecule has 3 heteroatoms. The Morgan fingerprint density at radius 1 is 1.00 bits per heavy atom. The number of hydrogen-bond acceptors (Lipinski definition) is 2. The summed E-state index contributed by atoms with van der Waals surface area (Å²) >= 11 is 0. The minimum atomic E-state index is -0.667. The Bertz CT molecular complexity index is 587. The first-order valence-electron chi connectivity index (χ1n) is 13.0. The van der Waals surface area contributed by atoms with E-state index in [2.05, 4.69) is 34.6 Å². The highest BCUT2D eigenvalue weighted by Gasteiger charge is 2.59. The first-order valence-corrected chi connectivity index (χ1v) is 13.0. The van der Waals surface area contributed by atoms with Gasteiger partial charge in [-0.2, -0.15) is 0 Å². The van der Waals surface area contributed by atoms with E-state index in [1.807, 2.05) is 0 Å². The summed E-state index contributed by atoms with van der Waals surface area (Å²) < 4.78 is 0. The van der Waals surface area contributed by atoms with Crippen LogP contribution in [0.15, 0.2) is 0 Å². The molecular weight excluding hydrogens is 372 g/mol. The lowest BCUT2D eigenvalue weighted by molar-refractivity contribution is -0.146. The van der Waals surface area contributed by atoms with Crippen LogP contribution in [-0.4, -0.2) is 22.8 Å². The van der Waals surface area contributed by atoms with Gasteiger partial charge in [0.25, 0.3) is 0 Å². The van der Waals surface area contributed by atoms with Gasteiger partial charge in [0.05, 0.1) is 0 Å². The van der Waals surface area contributed by atoms with Gasteiger partial charge in [-0.1, -0.05) is 53.9 Å². The fourth-order valence-electron chi connectivity index (χ4n) is 8.74. The Kier molecular flexibility index (Phi) is 7.63. The predicted molar refractivity (Wildman–Crippen MR) is 123 cm³/mol. The van der Waals surface area contributed by atoms with Gasteiger partial charge in [0.1, 0.15) is 0 Å². The Balaban J connectivity index is 1.75. The molecule has 0 aromatic carbocycles. The molecule has 0 aromatic rings. The van der Waals surface area contributed by atoms with Gasteiger partial charge >= 0.3 is 5.97 Å². The average molecular weight is 421 g/mol. The molecule has 0 unspecified atom stereocenters. The minimum absolute atomic E-state index is 0.0155. The number of carboxylic acids is 1. The molecule has 0 radical (unpaired) electrons. The Morgan fingerprint density at radius 3 is 2.37 bits per heavy atom. The summed E-state index contributed by atoms with van der Waals surface area (Å²) in [4.78, 5) is 11.5. The SMILES string of the molecule is CC(C)CCC[C@@H](C)[C@H]1CC[C@H]2[C@@H]3CC[C@@H](CC(=O)O)[C@](C)(CCO)[C@H]3CC[C@]12C. The van der Waals surface area contributed by atoms with E-state index in [4.69, 9.17) is 0 Å². The van der Waals surface area contributed by atoms with Gasteiger partial charge in [0, 0.05) is 13.0 Å². The van der Waals surface area contributed by atoms with Crippen LogP contribution in [-0.2, 0) is 4.79 Å². The van der Waals surface area contributed by atoms with Gasteiger partial charge in [-0.25, -0.2) is 0 Å². The Hall–Kier alpha value is -0.570. The highest BCUT2D eigenvalue weighted by Crippen LogP contribution is 2.67. The minimum Gasteiger partial charge on any atom is -0.481 e. The van der Waals surface area contributed by atoms with Gasteiger partial charge in [-0.15, -0.1) is 0 Å². The lowest BCUT2D eigenvalue weighted by Crippen LogP contribution is -2.52. The number of aliphatic hydroxyl groups is 1. The number of rotatable bonds is 9. The summed E-state index contributed by atoms with van der Waals surface area (Å²) in [7, 11) is 0. The van der Waals surface area contributed by atoms with Gasteiger partial charge in [-0.05, 0) is 97.2 Å². The zero-order chi connectivity index (χ0) is 22.1. The van der Waals surface area contributed by atoms with Crippen molar-refractivity contribution in [3.05, 3.63) is 0 Å². The van der Waals surface area contributed by atoms with Crippen LogP contribution in [0.2, 0.25) is 0 Å². The molecule has 0 heterocycles. The van der Waals surface area contributed by atoms with E-state index in [0.29, 0.717) is 11.3 Å². The third-order valence-electron chi connectivity index (χ3n) is 10.3. The van der Waals surface area contributed by atoms with Gasteiger partial charge in [0.2, 0.25) is 0 Å². The standard InChI is InChI=1S/C27H48O3/c1-18(2)7-6-8-19(3)22-11-12-23-21-10-9-20(17-25(29)30)26(4,15-16-28)24(21)13-14-27(22,23)5/h18-24,28H,6-17H2,1-5H3,(H,29,30)/t19-,20+,21+,22-,23+,24+,26+,27-/m1/s1. The maximum atomic E-state index is 11.5. The molecule has 0 bridgehead atoms. The van der Waals surface area contributed by atoms with Crippen molar-refractivity contribution in [3.8, 4) is 0 Å². The Morgan fingerprint density at radius 2 is 1.73 bits per heavy atom. The molecule has 3 saturated carbocycles. The first-order chi connectivity index (χ1) is 14.1. The third-order valence-corrected chi connectivity index (χ3v) is 10.3. The molecule has 0 amide bonds. The van der Waals surface area contributed by atoms with Crippen LogP contribution in [0.5, 0.6) is 0 Å². The summed E-state index contributed by atoms with van der Waals surface area (Å²) in [6.07, 6.45) is 12.7. The molecule has 3 nitrogen and oxygen atoms in total. The molecule has 174 valence electrons. The normalized spacial score (nSPS) is 42.0. The van der Waals surface area contributed by atoms with Crippen LogP contribution < -0.4 is 0 Å². The van der Waals surface area contributed by atoms with Crippen molar-refractivity contribution in [1.29, 1.82) is 0 Å². The highest BCUT2D eigenvalue weighted by molar-refractivity contribution is 5.67. The molecule has 2 N–H and O–H groups in total. The Labute approximate surface area is 185 Å². The molecule has 0 aliphatic heterocycles. The molecule has 0 aromatic heterocycles. The zero-order valence-electron chi connectivity index (χ0n) is 20.3. The van der Waals surface area contributed by atoms with Crippen LogP contribution in [0.1, 0.15) is 105 Å². The van der Waals surface area contributed by atoms with Crippen LogP contribution in [0.4, 0.5) is 0 Å².